The maximum absolute atomic E-state index is 11.0. The molecule has 0 radical (unpaired) electrons. The molecule has 0 aliphatic heterocycles. The molecule has 0 saturated heterocycles. The zero-order chi connectivity index (χ0) is 15.4. The molecule has 0 unspecified atom stereocenters. The number of hydrogen-bond donors (Lipinski definition) is 1. The fourth-order valence-electron chi connectivity index (χ4n) is 2.17. The summed E-state index contributed by atoms with van der Waals surface area (Å²) in [6, 6.07) is 10.1. The van der Waals surface area contributed by atoms with Crippen molar-refractivity contribution in [1.82, 2.24) is 0 Å². The average molecular weight is 285 g/mol. The number of carbonyl (C=O) groups is 1. The predicted octanol–water partition coefficient (Wildman–Crippen LogP) is 3.98. The van der Waals surface area contributed by atoms with Crippen LogP contribution in [0.15, 0.2) is 41.6 Å². The Balaban J connectivity index is 2.24. The van der Waals surface area contributed by atoms with E-state index in [-0.39, 0.29) is 12.2 Å². The van der Waals surface area contributed by atoms with E-state index in [1.807, 2.05) is 0 Å². The molecule has 0 aromatic heterocycles. The second kappa shape index (κ2) is 6.17. The van der Waals surface area contributed by atoms with Gasteiger partial charge < -0.3 is 9.84 Å². The molecule has 0 fully saturated rings. The van der Waals surface area contributed by atoms with Crippen LogP contribution < -0.4 is 4.74 Å². The molecule has 0 spiro atoms. The third kappa shape index (κ3) is 3.25. The molecule has 0 bridgehead atoms. The molecular weight excluding hydrogens is 270 g/mol. The molecule has 2 rings (SSSR count). The summed E-state index contributed by atoms with van der Waals surface area (Å²) in [6.07, 6.45) is 0. The lowest BCUT2D eigenvalue weighted by Gasteiger charge is -2.13. The Labute approximate surface area is 122 Å². The number of carboxylic acid groups (broad SMARTS) is 1. The van der Waals surface area contributed by atoms with E-state index in [1.165, 1.54) is 0 Å². The first-order chi connectivity index (χ1) is 10.0. The van der Waals surface area contributed by atoms with E-state index in [4.69, 9.17) is 9.84 Å². The van der Waals surface area contributed by atoms with E-state index in [1.54, 1.807) is 50.2 Å². The molecule has 0 atom stereocenters. The third-order valence-corrected chi connectivity index (χ3v) is 3.17. The Bertz CT molecular complexity index is 671. The van der Waals surface area contributed by atoms with E-state index in [0.717, 1.165) is 11.1 Å². The lowest BCUT2D eigenvalue weighted by molar-refractivity contribution is 0.0696. The van der Waals surface area contributed by atoms with Crippen molar-refractivity contribution in [3.05, 3.63) is 63.6 Å². The molecule has 1 N–H and O–H groups in total. The molecule has 0 aliphatic rings. The van der Waals surface area contributed by atoms with E-state index in [0.29, 0.717) is 17.0 Å². The topological polar surface area (TPSA) is 76.0 Å². The van der Waals surface area contributed by atoms with Crippen molar-refractivity contribution in [2.45, 2.75) is 20.5 Å². The lowest BCUT2D eigenvalue weighted by atomic mass is 10.1. The standard InChI is InChI=1S/C16H15NO4/c1-10-7-13(16(18)19)8-11(2)15(10)21-9-12-5-3-4-6-14(12)17-20/h3-8H,9H2,1-2H3,(H,18,19). The number of carboxylic acids is 1. The van der Waals surface area contributed by atoms with Gasteiger partial charge in [-0.3, -0.25) is 0 Å². The molecule has 2 aromatic rings. The van der Waals surface area contributed by atoms with Gasteiger partial charge in [0.2, 0.25) is 0 Å². The molecule has 108 valence electrons. The lowest BCUT2D eigenvalue weighted by Crippen LogP contribution is -2.03. The summed E-state index contributed by atoms with van der Waals surface area (Å²) < 4.78 is 5.74. The third-order valence-electron chi connectivity index (χ3n) is 3.17. The zero-order valence-electron chi connectivity index (χ0n) is 11.8. The highest BCUT2D eigenvalue weighted by Gasteiger charge is 2.11. The molecule has 0 heterocycles. The van der Waals surface area contributed by atoms with Crippen LogP contribution in [0.5, 0.6) is 5.75 Å². The van der Waals surface area contributed by atoms with Crippen LogP contribution in [-0.2, 0) is 6.61 Å². The summed E-state index contributed by atoms with van der Waals surface area (Å²) >= 11 is 0. The highest BCUT2D eigenvalue weighted by Crippen LogP contribution is 2.27. The van der Waals surface area contributed by atoms with Gasteiger partial charge in [-0.2, -0.15) is 0 Å². The normalized spacial score (nSPS) is 10.2. The Morgan fingerprint density at radius 2 is 1.81 bits per heavy atom. The zero-order valence-corrected chi connectivity index (χ0v) is 11.8. The number of rotatable bonds is 5. The van der Waals surface area contributed by atoms with Crippen molar-refractivity contribution < 1.29 is 14.6 Å². The minimum atomic E-state index is -0.969. The van der Waals surface area contributed by atoms with E-state index in [2.05, 4.69) is 5.18 Å². The monoisotopic (exact) mass is 285 g/mol. The van der Waals surface area contributed by atoms with Crippen LogP contribution in [-0.4, -0.2) is 11.1 Å². The molecule has 5 heteroatoms. The van der Waals surface area contributed by atoms with Gasteiger partial charge in [0.05, 0.1) is 5.56 Å². The molecule has 21 heavy (non-hydrogen) atoms. The summed E-state index contributed by atoms with van der Waals surface area (Å²) in [5, 5.41) is 12.0. The van der Waals surface area contributed by atoms with Crippen molar-refractivity contribution >= 4 is 11.7 Å². The van der Waals surface area contributed by atoms with Gasteiger partial charge in [-0.25, -0.2) is 4.79 Å². The van der Waals surface area contributed by atoms with Crippen LogP contribution in [0, 0.1) is 18.8 Å². The summed E-state index contributed by atoms with van der Waals surface area (Å²) in [5.41, 5.74) is 2.74. The summed E-state index contributed by atoms with van der Waals surface area (Å²) in [6.45, 7) is 3.79. The van der Waals surface area contributed by atoms with Crippen molar-refractivity contribution in [3.63, 3.8) is 0 Å². The quantitative estimate of drug-likeness (QED) is 0.843. The number of aromatic carboxylic acids is 1. The maximum atomic E-state index is 11.0. The molecule has 5 nitrogen and oxygen atoms in total. The summed E-state index contributed by atoms with van der Waals surface area (Å²) in [4.78, 5) is 21.7. The predicted molar refractivity (Wildman–Crippen MR) is 79.1 cm³/mol. The van der Waals surface area contributed by atoms with Gasteiger partial charge in [0.25, 0.3) is 0 Å². The van der Waals surface area contributed by atoms with Gasteiger partial charge in [-0.05, 0) is 48.4 Å². The number of hydrogen-bond acceptors (Lipinski definition) is 4. The molecule has 0 saturated carbocycles. The minimum absolute atomic E-state index is 0.204. The van der Waals surface area contributed by atoms with Gasteiger partial charge >= 0.3 is 5.97 Å². The van der Waals surface area contributed by atoms with Gasteiger partial charge in [-0.1, -0.05) is 18.2 Å². The Kier molecular flexibility index (Phi) is 4.33. The average Bonchev–Trinajstić information content (AvgIpc) is 2.46. The first-order valence-electron chi connectivity index (χ1n) is 6.41. The SMILES string of the molecule is Cc1cc(C(=O)O)cc(C)c1OCc1ccccc1N=O. The molecular formula is C16H15NO4. The highest BCUT2D eigenvalue weighted by atomic mass is 16.5. The highest BCUT2D eigenvalue weighted by molar-refractivity contribution is 5.88. The van der Waals surface area contributed by atoms with E-state index >= 15 is 0 Å². The largest absolute Gasteiger partial charge is 0.488 e. The molecule has 0 aliphatic carbocycles. The van der Waals surface area contributed by atoms with Crippen molar-refractivity contribution in [1.29, 1.82) is 0 Å². The Morgan fingerprint density at radius 3 is 2.38 bits per heavy atom. The minimum Gasteiger partial charge on any atom is -0.488 e. The summed E-state index contributed by atoms with van der Waals surface area (Å²) in [5.74, 6) is -0.344. The second-order valence-corrected chi connectivity index (χ2v) is 4.75. The first kappa shape index (κ1) is 14.7. The van der Waals surface area contributed by atoms with Crippen LogP contribution >= 0.6 is 0 Å². The van der Waals surface area contributed by atoms with Crippen LogP contribution in [0.2, 0.25) is 0 Å². The van der Waals surface area contributed by atoms with Crippen molar-refractivity contribution in [2.75, 3.05) is 0 Å². The van der Waals surface area contributed by atoms with Crippen LogP contribution in [0.3, 0.4) is 0 Å². The number of nitrogens with zero attached hydrogens (tertiary/aromatic N) is 1. The van der Waals surface area contributed by atoms with Crippen LogP contribution in [0.25, 0.3) is 0 Å². The van der Waals surface area contributed by atoms with Gasteiger partial charge in [0, 0.05) is 5.56 Å². The van der Waals surface area contributed by atoms with Gasteiger partial charge in [-0.15, -0.1) is 4.91 Å². The van der Waals surface area contributed by atoms with Crippen LogP contribution in [0.1, 0.15) is 27.0 Å². The van der Waals surface area contributed by atoms with Crippen molar-refractivity contribution in [2.24, 2.45) is 5.18 Å². The van der Waals surface area contributed by atoms with Crippen LogP contribution in [0.4, 0.5) is 5.69 Å². The van der Waals surface area contributed by atoms with Crippen molar-refractivity contribution in [3.8, 4) is 5.75 Å². The first-order valence-corrected chi connectivity index (χ1v) is 6.41. The smallest absolute Gasteiger partial charge is 0.335 e. The fraction of sp³-hybridized carbons (Fsp3) is 0.188. The number of ether oxygens (including phenoxy) is 1. The Morgan fingerprint density at radius 1 is 1.19 bits per heavy atom. The molecule has 2 aromatic carbocycles. The number of benzene rings is 2. The van der Waals surface area contributed by atoms with Gasteiger partial charge in [0.1, 0.15) is 18.0 Å². The number of nitroso groups, excluding NO2 is 1. The maximum Gasteiger partial charge on any atom is 0.335 e. The second-order valence-electron chi connectivity index (χ2n) is 4.75. The summed E-state index contributed by atoms with van der Waals surface area (Å²) in [7, 11) is 0. The van der Waals surface area contributed by atoms with E-state index in [9.17, 15) is 9.70 Å². The fourth-order valence-corrected chi connectivity index (χ4v) is 2.17. The molecule has 0 amide bonds. The Hall–Kier alpha value is -2.69. The van der Waals surface area contributed by atoms with E-state index < -0.39 is 5.97 Å². The number of aryl methyl sites for hydroxylation is 2. The van der Waals surface area contributed by atoms with Gasteiger partial charge in [0.15, 0.2) is 0 Å².